The van der Waals surface area contributed by atoms with E-state index in [1.165, 1.54) is 12.4 Å². The van der Waals surface area contributed by atoms with E-state index in [2.05, 4.69) is 9.71 Å². The Morgan fingerprint density at radius 3 is 2.65 bits per heavy atom. The Kier molecular flexibility index (Phi) is 5.08. The lowest BCUT2D eigenvalue weighted by molar-refractivity contribution is 0.102. The fourth-order valence-electron chi connectivity index (χ4n) is 2.90. The molecule has 0 saturated heterocycles. The van der Waals surface area contributed by atoms with Gasteiger partial charge in [-0.25, -0.2) is 0 Å². The number of anilines is 2. The Hall–Kier alpha value is -2.67. The standard InChI is InChI=1S/C19H21N3O3S/c1-3-11-22-13-20-26(24,25)18-12-15(9-10-17(18)22)19(23)21-16-8-6-5-7-14(16)4-2/h5-10,12-13H,3-4,11H2,1-2H3,(H,21,23). The molecule has 3 rings (SSSR count). The van der Waals surface area contributed by atoms with Gasteiger partial charge in [0, 0.05) is 17.8 Å². The van der Waals surface area contributed by atoms with Crippen LogP contribution in [-0.2, 0) is 16.4 Å². The van der Waals surface area contributed by atoms with Crippen molar-refractivity contribution in [3.05, 3.63) is 53.6 Å². The molecule has 0 saturated carbocycles. The predicted molar refractivity (Wildman–Crippen MR) is 104 cm³/mol. The molecule has 1 heterocycles. The van der Waals surface area contributed by atoms with Crippen molar-refractivity contribution < 1.29 is 13.2 Å². The summed E-state index contributed by atoms with van der Waals surface area (Å²) in [5.41, 5.74) is 2.58. The summed E-state index contributed by atoms with van der Waals surface area (Å²) in [6, 6.07) is 12.2. The van der Waals surface area contributed by atoms with Crippen molar-refractivity contribution in [1.29, 1.82) is 0 Å². The monoisotopic (exact) mass is 371 g/mol. The molecule has 7 heteroatoms. The smallest absolute Gasteiger partial charge is 0.285 e. The molecule has 1 aliphatic heterocycles. The average molecular weight is 371 g/mol. The lowest BCUT2D eigenvalue weighted by Gasteiger charge is -2.25. The molecule has 136 valence electrons. The molecule has 0 atom stereocenters. The van der Waals surface area contributed by atoms with Gasteiger partial charge in [-0.2, -0.15) is 8.42 Å². The zero-order chi connectivity index (χ0) is 18.7. The summed E-state index contributed by atoms with van der Waals surface area (Å²) in [7, 11) is -3.79. The largest absolute Gasteiger partial charge is 0.331 e. The van der Waals surface area contributed by atoms with E-state index in [9.17, 15) is 13.2 Å². The number of para-hydroxylation sites is 1. The number of rotatable bonds is 5. The molecule has 1 N–H and O–H groups in total. The Labute approximate surface area is 153 Å². The number of aryl methyl sites for hydroxylation is 1. The van der Waals surface area contributed by atoms with E-state index < -0.39 is 10.0 Å². The van der Waals surface area contributed by atoms with E-state index in [-0.39, 0.29) is 16.4 Å². The van der Waals surface area contributed by atoms with Gasteiger partial charge in [-0.1, -0.05) is 32.0 Å². The van der Waals surface area contributed by atoms with Gasteiger partial charge in [-0.15, -0.1) is 4.40 Å². The van der Waals surface area contributed by atoms with Crippen molar-refractivity contribution in [2.75, 3.05) is 16.8 Å². The predicted octanol–water partition coefficient (Wildman–Crippen LogP) is 3.45. The van der Waals surface area contributed by atoms with E-state index in [0.717, 1.165) is 24.1 Å². The number of amides is 1. The maximum absolute atomic E-state index is 12.6. The zero-order valence-electron chi connectivity index (χ0n) is 14.8. The SMILES string of the molecule is CCCN1C=NS(=O)(=O)c2cc(C(=O)Nc3ccccc3CC)ccc21. The molecule has 0 radical (unpaired) electrons. The first-order valence-electron chi connectivity index (χ1n) is 8.56. The van der Waals surface area contributed by atoms with Crippen LogP contribution in [-0.4, -0.2) is 27.2 Å². The minimum absolute atomic E-state index is 0.0601. The maximum Gasteiger partial charge on any atom is 0.285 e. The average Bonchev–Trinajstić information content (AvgIpc) is 2.64. The first-order valence-corrected chi connectivity index (χ1v) is 10.0. The molecular formula is C19H21N3O3S. The lowest BCUT2D eigenvalue weighted by atomic mass is 10.1. The van der Waals surface area contributed by atoms with Crippen molar-refractivity contribution >= 4 is 33.6 Å². The number of nitrogens with zero attached hydrogens (tertiary/aromatic N) is 2. The topological polar surface area (TPSA) is 78.8 Å². The summed E-state index contributed by atoms with van der Waals surface area (Å²) in [4.78, 5) is 14.5. The molecule has 0 bridgehead atoms. The molecule has 1 amide bonds. The minimum Gasteiger partial charge on any atom is -0.331 e. The molecule has 2 aromatic carbocycles. The lowest BCUT2D eigenvalue weighted by Crippen LogP contribution is -2.28. The van der Waals surface area contributed by atoms with Crippen LogP contribution < -0.4 is 10.2 Å². The fourth-order valence-corrected chi connectivity index (χ4v) is 3.98. The summed E-state index contributed by atoms with van der Waals surface area (Å²) in [5.74, 6) is -0.347. The van der Waals surface area contributed by atoms with Crippen molar-refractivity contribution in [2.45, 2.75) is 31.6 Å². The summed E-state index contributed by atoms with van der Waals surface area (Å²) in [5, 5.41) is 2.86. The highest BCUT2D eigenvalue weighted by Crippen LogP contribution is 2.31. The number of carbonyl (C=O) groups is 1. The number of benzene rings is 2. The molecule has 6 nitrogen and oxygen atoms in total. The molecule has 2 aromatic rings. The van der Waals surface area contributed by atoms with Gasteiger partial charge in [0.2, 0.25) is 0 Å². The highest BCUT2D eigenvalue weighted by Gasteiger charge is 2.26. The van der Waals surface area contributed by atoms with Crippen molar-refractivity contribution in [3.8, 4) is 0 Å². The normalized spacial score (nSPS) is 14.8. The van der Waals surface area contributed by atoms with E-state index >= 15 is 0 Å². The molecule has 0 unspecified atom stereocenters. The van der Waals surface area contributed by atoms with Gasteiger partial charge in [-0.05, 0) is 42.7 Å². The third-order valence-electron chi connectivity index (χ3n) is 4.25. The first-order chi connectivity index (χ1) is 12.5. The van der Waals surface area contributed by atoms with E-state index in [1.807, 2.05) is 38.1 Å². The Bertz CT molecular complexity index is 968. The second-order valence-electron chi connectivity index (χ2n) is 6.04. The third kappa shape index (κ3) is 3.48. The number of nitrogens with one attached hydrogen (secondary N) is 1. The van der Waals surface area contributed by atoms with E-state index in [0.29, 0.717) is 12.2 Å². The Morgan fingerprint density at radius 1 is 1.15 bits per heavy atom. The Morgan fingerprint density at radius 2 is 1.92 bits per heavy atom. The van der Waals surface area contributed by atoms with Gasteiger partial charge in [-0.3, -0.25) is 4.79 Å². The van der Waals surface area contributed by atoms with Gasteiger partial charge >= 0.3 is 0 Å². The Balaban J connectivity index is 1.94. The van der Waals surface area contributed by atoms with Crippen molar-refractivity contribution in [3.63, 3.8) is 0 Å². The number of hydrogen-bond donors (Lipinski definition) is 1. The van der Waals surface area contributed by atoms with Crippen molar-refractivity contribution in [2.24, 2.45) is 4.40 Å². The molecule has 0 aromatic heterocycles. The summed E-state index contributed by atoms with van der Waals surface area (Å²) in [6.07, 6.45) is 2.97. The zero-order valence-corrected chi connectivity index (χ0v) is 15.6. The number of fused-ring (bicyclic) bond motifs is 1. The van der Waals surface area contributed by atoms with E-state index in [4.69, 9.17) is 0 Å². The molecule has 1 aliphatic rings. The van der Waals surface area contributed by atoms with Crippen LogP contribution in [0.15, 0.2) is 51.8 Å². The quantitative estimate of drug-likeness (QED) is 0.873. The molecule has 26 heavy (non-hydrogen) atoms. The summed E-state index contributed by atoms with van der Waals surface area (Å²) in [6.45, 7) is 4.67. The number of hydrogen-bond acceptors (Lipinski definition) is 4. The van der Waals surface area contributed by atoms with Crippen LogP contribution in [0.1, 0.15) is 36.2 Å². The summed E-state index contributed by atoms with van der Waals surface area (Å²) >= 11 is 0. The summed E-state index contributed by atoms with van der Waals surface area (Å²) < 4.78 is 28.3. The highest BCUT2D eigenvalue weighted by molar-refractivity contribution is 7.90. The van der Waals surface area contributed by atoms with Crippen molar-refractivity contribution in [1.82, 2.24) is 0 Å². The maximum atomic E-state index is 12.6. The second kappa shape index (κ2) is 7.29. The van der Waals surface area contributed by atoms with Gasteiger partial charge in [0.15, 0.2) is 0 Å². The first kappa shape index (κ1) is 18.1. The molecule has 0 fully saturated rings. The van der Waals surface area contributed by atoms with Gasteiger partial charge in [0.1, 0.15) is 11.2 Å². The van der Waals surface area contributed by atoms with Gasteiger partial charge < -0.3 is 10.2 Å². The molecule has 0 spiro atoms. The van der Waals surface area contributed by atoms with Gasteiger partial charge in [0.25, 0.3) is 15.9 Å². The molecular weight excluding hydrogens is 350 g/mol. The fraction of sp³-hybridized carbons (Fsp3) is 0.263. The third-order valence-corrected chi connectivity index (χ3v) is 5.50. The van der Waals surface area contributed by atoms with Crippen LogP contribution >= 0.6 is 0 Å². The van der Waals surface area contributed by atoms with Crippen LogP contribution in [0.3, 0.4) is 0 Å². The van der Waals surface area contributed by atoms with Gasteiger partial charge in [0.05, 0.1) is 5.69 Å². The number of carbonyl (C=O) groups excluding carboxylic acids is 1. The van der Waals surface area contributed by atoms with E-state index in [1.54, 1.807) is 17.0 Å². The van der Waals surface area contributed by atoms with Crippen LogP contribution in [0.5, 0.6) is 0 Å². The van der Waals surface area contributed by atoms with Crippen LogP contribution in [0, 0.1) is 0 Å². The second-order valence-corrected chi connectivity index (χ2v) is 7.64. The highest BCUT2D eigenvalue weighted by atomic mass is 32.2. The molecule has 0 aliphatic carbocycles. The van der Waals surface area contributed by atoms with Crippen LogP contribution in [0.25, 0.3) is 0 Å². The van der Waals surface area contributed by atoms with Crippen LogP contribution in [0.2, 0.25) is 0 Å². The van der Waals surface area contributed by atoms with Crippen LogP contribution in [0.4, 0.5) is 11.4 Å². The minimum atomic E-state index is -3.79. The number of sulfonamides is 1.